The van der Waals surface area contributed by atoms with Crippen LogP contribution in [0, 0.1) is 0 Å². The van der Waals surface area contributed by atoms with Gasteiger partial charge in [-0.05, 0) is 42.0 Å². The Balaban J connectivity index is 1.92. The molecule has 1 heterocycles. The highest BCUT2D eigenvalue weighted by atomic mass is 35.5. The summed E-state index contributed by atoms with van der Waals surface area (Å²) in [6, 6.07) is 8.31. The van der Waals surface area contributed by atoms with Crippen LogP contribution in [0.3, 0.4) is 0 Å². The number of nitrogens with zero attached hydrogens (tertiary/aromatic N) is 3. The lowest BCUT2D eigenvalue weighted by Crippen LogP contribution is -2.40. The fourth-order valence-corrected chi connectivity index (χ4v) is 3.65. The third-order valence-electron chi connectivity index (χ3n) is 5.41. The van der Waals surface area contributed by atoms with Crippen LogP contribution >= 0.6 is 11.6 Å². The van der Waals surface area contributed by atoms with E-state index in [1.165, 1.54) is 30.3 Å². The van der Waals surface area contributed by atoms with E-state index in [0.717, 1.165) is 18.2 Å². The Morgan fingerprint density at radius 3 is 2.36 bits per heavy atom. The normalized spacial score (nSPS) is 13.5. The van der Waals surface area contributed by atoms with Crippen molar-refractivity contribution in [1.82, 2.24) is 25.0 Å². The number of hydrogen-bond donors (Lipinski definition) is 3. The van der Waals surface area contributed by atoms with Crippen LogP contribution in [-0.4, -0.2) is 50.6 Å². The molecule has 9 nitrogen and oxygen atoms in total. The van der Waals surface area contributed by atoms with E-state index >= 15 is 0 Å². The SMILES string of the molecule is O=CNCC(NC(=O)Cn1nc(-c2ccc(Cl)cc2)n(C[C@H](O)C(F)(F)F)c1=O)c1cccc(C(F)(F)F)c1. The monoisotopic (exact) mass is 579 g/mol. The standard InChI is InChI=1S/C23H20ClF6N5O4/c24-16-6-4-13(5-7-16)20-33-35(21(39)34(20)10-18(37)23(28,29)30)11-19(38)32-17(9-31-12-36)14-2-1-3-15(8-14)22(25,26)27/h1-8,12,17-18,37H,9-11H2,(H,31,36)(H,32,38)/t17?,18-/m0/s1. The van der Waals surface area contributed by atoms with Crippen molar-refractivity contribution in [2.75, 3.05) is 6.54 Å². The molecule has 3 aromatic rings. The van der Waals surface area contributed by atoms with Crippen LogP contribution in [-0.2, 0) is 28.9 Å². The molecule has 0 radical (unpaired) electrons. The molecule has 2 atom stereocenters. The first-order chi connectivity index (χ1) is 18.2. The quantitative estimate of drug-likeness (QED) is 0.252. The highest BCUT2D eigenvalue weighted by Gasteiger charge is 2.39. The van der Waals surface area contributed by atoms with E-state index in [0.29, 0.717) is 9.25 Å². The Bertz CT molecular complexity index is 1370. The number of carbonyl (C=O) groups excluding carboxylic acids is 2. The van der Waals surface area contributed by atoms with Crippen molar-refractivity contribution < 1.29 is 41.0 Å². The van der Waals surface area contributed by atoms with E-state index in [9.17, 15) is 45.8 Å². The summed E-state index contributed by atoms with van der Waals surface area (Å²) < 4.78 is 79.5. The minimum Gasteiger partial charge on any atom is -0.382 e. The van der Waals surface area contributed by atoms with Crippen molar-refractivity contribution in [2.24, 2.45) is 0 Å². The van der Waals surface area contributed by atoms with Gasteiger partial charge in [0.1, 0.15) is 6.54 Å². The molecule has 1 unspecified atom stereocenters. The number of alkyl halides is 6. The van der Waals surface area contributed by atoms with Gasteiger partial charge in [0.05, 0.1) is 18.2 Å². The van der Waals surface area contributed by atoms with Crippen molar-refractivity contribution in [1.29, 1.82) is 0 Å². The Morgan fingerprint density at radius 1 is 1.10 bits per heavy atom. The molecule has 39 heavy (non-hydrogen) atoms. The summed E-state index contributed by atoms with van der Waals surface area (Å²) >= 11 is 5.83. The summed E-state index contributed by atoms with van der Waals surface area (Å²) in [5.74, 6) is -1.25. The largest absolute Gasteiger partial charge is 0.416 e. The summed E-state index contributed by atoms with van der Waals surface area (Å²) in [7, 11) is 0. The molecule has 3 N–H and O–H groups in total. The van der Waals surface area contributed by atoms with Crippen molar-refractivity contribution in [3.05, 3.63) is 75.2 Å². The topological polar surface area (TPSA) is 118 Å². The van der Waals surface area contributed by atoms with Gasteiger partial charge in [0, 0.05) is 17.1 Å². The Hall–Kier alpha value is -3.85. The number of hydrogen-bond acceptors (Lipinski definition) is 5. The van der Waals surface area contributed by atoms with Gasteiger partial charge in [0.2, 0.25) is 12.3 Å². The number of aromatic nitrogens is 3. The van der Waals surface area contributed by atoms with Crippen LogP contribution in [0.5, 0.6) is 0 Å². The number of aliphatic hydroxyl groups is 1. The molecular weight excluding hydrogens is 560 g/mol. The van der Waals surface area contributed by atoms with Crippen LogP contribution in [0.25, 0.3) is 11.4 Å². The Morgan fingerprint density at radius 2 is 1.77 bits per heavy atom. The molecule has 2 aromatic carbocycles. The minimum atomic E-state index is -5.06. The lowest BCUT2D eigenvalue weighted by Gasteiger charge is -2.20. The molecule has 0 aliphatic heterocycles. The van der Waals surface area contributed by atoms with Crippen LogP contribution in [0.4, 0.5) is 26.3 Å². The van der Waals surface area contributed by atoms with Gasteiger partial charge in [-0.1, -0.05) is 23.7 Å². The van der Waals surface area contributed by atoms with Gasteiger partial charge in [-0.2, -0.15) is 26.3 Å². The maximum atomic E-state index is 13.1. The van der Waals surface area contributed by atoms with E-state index in [2.05, 4.69) is 15.7 Å². The van der Waals surface area contributed by atoms with E-state index < -0.39 is 54.7 Å². The molecule has 0 aliphatic rings. The van der Waals surface area contributed by atoms with Crippen molar-refractivity contribution in [3.8, 4) is 11.4 Å². The molecular formula is C23H20ClF6N5O4. The summed E-state index contributed by atoms with van der Waals surface area (Å²) in [6.07, 6.45) is -12.4. The summed E-state index contributed by atoms with van der Waals surface area (Å²) in [5.41, 5.74) is -2.03. The fourth-order valence-electron chi connectivity index (χ4n) is 3.52. The average molecular weight is 580 g/mol. The molecule has 0 saturated carbocycles. The summed E-state index contributed by atoms with van der Waals surface area (Å²) in [5, 5.41) is 18.4. The Kier molecular flexibility index (Phi) is 9.07. The number of rotatable bonds is 10. The predicted octanol–water partition coefficient (Wildman–Crippen LogP) is 2.91. The van der Waals surface area contributed by atoms with Gasteiger partial charge in [-0.25, -0.2) is 9.48 Å². The second-order valence-electron chi connectivity index (χ2n) is 8.21. The number of amides is 2. The molecule has 0 fully saturated rings. The number of benzene rings is 2. The highest BCUT2D eigenvalue weighted by molar-refractivity contribution is 6.30. The molecule has 0 saturated heterocycles. The van der Waals surface area contributed by atoms with Gasteiger partial charge in [0.15, 0.2) is 11.9 Å². The van der Waals surface area contributed by atoms with Crippen molar-refractivity contribution >= 4 is 23.9 Å². The van der Waals surface area contributed by atoms with Crippen LogP contribution in [0.15, 0.2) is 53.3 Å². The zero-order valence-corrected chi connectivity index (χ0v) is 20.4. The molecule has 16 heteroatoms. The first-order valence-electron chi connectivity index (χ1n) is 11.0. The summed E-state index contributed by atoms with van der Waals surface area (Å²) in [6.45, 7) is -2.38. The van der Waals surface area contributed by atoms with E-state index in [-0.39, 0.29) is 34.9 Å². The first-order valence-corrected chi connectivity index (χ1v) is 11.4. The first kappa shape index (κ1) is 29.7. The van der Waals surface area contributed by atoms with E-state index in [4.69, 9.17) is 11.6 Å². The smallest absolute Gasteiger partial charge is 0.382 e. The average Bonchev–Trinajstić information content (AvgIpc) is 3.15. The second kappa shape index (κ2) is 11.9. The van der Waals surface area contributed by atoms with Crippen LogP contribution < -0.4 is 16.3 Å². The molecule has 210 valence electrons. The van der Waals surface area contributed by atoms with Crippen molar-refractivity contribution in [2.45, 2.75) is 37.6 Å². The molecule has 1 aromatic heterocycles. The van der Waals surface area contributed by atoms with Crippen LogP contribution in [0.2, 0.25) is 5.02 Å². The van der Waals surface area contributed by atoms with Gasteiger partial charge in [-0.15, -0.1) is 5.10 Å². The maximum absolute atomic E-state index is 13.1. The highest BCUT2D eigenvalue weighted by Crippen LogP contribution is 2.31. The van der Waals surface area contributed by atoms with Gasteiger partial charge >= 0.3 is 18.0 Å². The number of halogens is 7. The lowest BCUT2D eigenvalue weighted by atomic mass is 10.0. The number of aliphatic hydroxyl groups excluding tert-OH is 1. The summed E-state index contributed by atoms with van der Waals surface area (Å²) in [4.78, 5) is 36.4. The molecule has 0 spiro atoms. The minimum absolute atomic E-state index is 0.0134. The molecule has 0 aliphatic carbocycles. The van der Waals surface area contributed by atoms with Gasteiger partial charge < -0.3 is 15.7 Å². The third-order valence-corrected chi connectivity index (χ3v) is 5.66. The zero-order valence-electron chi connectivity index (χ0n) is 19.6. The molecule has 2 amide bonds. The van der Waals surface area contributed by atoms with E-state index in [1.807, 2.05) is 0 Å². The van der Waals surface area contributed by atoms with Crippen LogP contribution in [0.1, 0.15) is 17.2 Å². The van der Waals surface area contributed by atoms with E-state index in [1.54, 1.807) is 0 Å². The molecule has 3 rings (SSSR count). The number of nitrogens with one attached hydrogen (secondary N) is 2. The fraction of sp³-hybridized carbons (Fsp3) is 0.304. The number of carbonyl (C=O) groups is 2. The lowest BCUT2D eigenvalue weighted by molar-refractivity contribution is -0.207. The zero-order chi connectivity index (χ0) is 29.0. The second-order valence-corrected chi connectivity index (χ2v) is 8.64. The van der Waals surface area contributed by atoms with Gasteiger partial charge in [0.25, 0.3) is 0 Å². The predicted molar refractivity (Wildman–Crippen MR) is 125 cm³/mol. The maximum Gasteiger partial charge on any atom is 0.416 e. The molecule has 0 bridgehead atoms. The Labute approximate surface area is 221 Å². The third kappa shape index (κ3) is 7.60. The van der Waals surface area contributed by atoms with Gasteiger partial charge in [-0.3, -0.25) is 14.2 Å². The van der Waals surface area contributed by atoms with Crippen molar-refractivity contribution in [3.63, 3.8) is 0 Å².